The molecule has 1 N–H and O–H groups in total. The molecule has 2 fully saturated rings. The number of nitro benzene ring substituents is 1. The van der Waals surface area contributed by atoms with Crippen LogP contribution in [0, 0.1) is 22.0 Å². The van der Waals surface area contributed by atoms with Crippen molar-refractivity contribution in [2.24, 2.45) is 11.8 Å². The van der Waals surface area contributed by atoms with E-state index in [0.29, 0.717) is 30.9 Å². The van der Waals surface area contributed by atoms with Gasteiger partial charge in [0.05, 0.1) is 29.1 Å². The van der Waals surface area contributed by atoms with Crippen molar-refractivity contribution < 1.29 is 19.2 Å². The van der Waals surface area contributed by atoms with Crippen LogP contribution >= 0.6 is 0 Å². The lowest BCUT2D eigenvalue weighted by atomic mass is 9.81. The molecule has 2 aromatic carbocycles. The second kappa shape index (κ2) is 8.14. The van der Waals surface area contributed by atoms with Crippen LogP contribution in [0.4, 0.5) is 22.7 Å². The summed E-state index contributed by atoms with van der Waals surface area (Å²) in [5.41, 5.74) is 0.998. The number of benzene rings is 2. The van der Waals surface area contributed by atoms with E-state index < -0.39 is 4.92 Å². The Morgan fingerprint density at radius 3 is 2.27 bits per heavy atom. The summed E-state index contributed by atoms with van der Waals surface area (Å²) in [4.78, 5) is 37.9. The van der Waals surface area contributed by atoms with Gasteiger partial charge in [-0.15, -0.1) is 0 Å². The van der Waals surface area contributed by atoms with Crippen LogP contribution in [0.15, 0.2) is 42.5 Å². The third kappa shape index (κ3) is 3.60. The number of anilines is 3. The highest BCUT2D eigenvalue weighted by atomic mass is 16.6. The fourth-order valence-corrected chi connectivity index (χ4v) is 4.29. The van der Waals surface area contributed by atoms with Gasteiger partial charge in [-0.1, -0.05) is 12.8 Å². The Morgan fingerprint density at radius 1 is 1.07 bits per heavy atom. The smallest absolute Gasteiger partial charge is 0.294 e. The SMILES string of the molecule is CCOc1ccc(Nc2ccc(N3C(=O)[C@H]4CCCC[C@H]4C3=O)cc2[N+](=O)[O-])cc1. The quantitative estimate of drug-likeness (QED) is 0.431. The number of fused-ring (bicyclic) bond motifs is 1. The van der Waals surface area contributed by atoms with E-state index in [-0.39, 0.29) is 40.7 Å². The average Bonchev–Trinajstić information content (AvgIpc) is 3.00. The summed E-state index contributed by atoms with van der Waals surface area (Å²) >= 11 is 0. The molecule has 156 valence electrons. The normalized spacial score (nSPS) is 20.8. The Labute approximate surface area is 174 Å². The van der Waals surface area contributed by atoms with Crippen molar-refractivity contribution in [1.29, 1.82) is 0 Å². The van der Waals surface area contributed by atoms with E-state index in [1.54, 1.807) is 30.3 Å². The van der Waals surface area contributed by atoms with E-state index in [9.17, 15) is 19.7 Å². The Kier molecular flexibility index (Phi) is 5.39. The fraction of sp³-hybridized carbons (Fsp3) is 0.364. The van der Waals surface area contributed by atoms with Crippen molar-refractivity contribution in [2.45, 2.75) is 32.6 Å². The predicted molar refractivity (Wildman–Crippen MR) is 112 cm³/mol. The number of imide groups is 1. The topological polar surface area (TPSA) is 102 Å². The number of nitrogens with one attached hydrogen (secondary N) is 1. The predicted octanol–water partition coefficient (Wildman–Crippen LogP) is 4.42. The van der Waals surface area contributed by atoms with Gasteiger partial charge in [0, 0.05) is 11.8 Å². The van der Waals surface area contributed by atoms with E-state index >= 15 is 0 Å². The monoisotopic (exact) mass is 409 g/mol. The van der Waals surface area contributed by atoms with E-state index in [4.69, 9.17) is 4.74 Å². The molecule has 0 spiro atoms. The number of ether oxygens (including phenoxy) is 1. The van der Waals surface area contributed by atoms with Crippen molar-refractivity contribution in [1.82, 2.24) is 0 Å². The van der Waals surface area contributed by atoms with E-state index in [1.807, 2.05) is 6.92 Å². The lowest BCUT2D eigenvalue weighted by Crippen LogP contribution is -2.30. The largest absolute Gasteiger partial charge is 0.494 e. The summed E-state index contributed by atoms with van der Waals surface area (Å²) in [6.07, 6.45) is 3.26. The van der Waals surface area contributed by atoms with Crippen LogP contribution in [0.25, 0.3) is 0 Å². The number of rotatable bonds is 6. The number of carbonyl (C=O) groups is 2. The van der Waals surface area contributed by atoms with E-state index in [0.717, 1.165) is 17.7 Å². The van der Waals surface area contributed by atoms with Gasteiger partial charge >= 0.3 is 0 Å². The average molecular weight is 409 g/mol. The highest BCUT2D eigenvalue weighted by Crippen LogP contribution is 2.41. The first kappa shape index (κ1) is 19.9. The fourth-order valence-electron chi connectivity index (χ4n) is 4.29. The molecule has 0 unspecified atom stereocenters. The number of nitro groups is 1. The van der Waals surface area contributed by atoms with E-state index in [2.05, 4.69) is 5.32 Å². The van der Waals surface area contributed by atoms with Gasteiger partial charge < -0.3 is 10.1 Å². The van der Waals surface area contributed by atoms with Gasteiger partial charge in [-0.25, -0.2) is 4.90 Å². The van der Waals surface area contributed by atoms with Crippen molar-refractivity contribution in [3.63, 3.8) is 0 Å². The summed E-state index contributed by atoms with van der Waals surface area (Å²) in [5, 5.41) is 14.7. The van der Waals surface area contributed by atoms with Gasteiger partial charge in [-0.3, -0.25) is 19.7 Å². The van der Waals surface area contributed by atoms with E-state index in [1.165, 1.54) is 12.1 Å². The van der Waals surface area contributed by atoms with Gasteiger partial charge in [-0.2, -0.15) is 0 Å². The van der Waals surface area contributed by atoms with Crippen LogP contribution in [-0.2, 0) is 9.59 Å². The molecule has 1 saturated heterocycles. The zero-order valence-electron chi connectivity index (χ0n) is 16.7. The molecule has 8 nitrogen and oxygen atoms in total. The highest BCUT2D eigenvalue weighted by molar-refractivity contribution is 6.22. The number of amides is 2. The van der Waals surface area contributed by atoms with Crippen LogP contribution in [0.2, 0.25) is 0 Å². The Bertz CT molecular complexity index is 965. The number of nitrogens with zero attached hydrogens (tertiary/aromatic N) is 2. The molecule has 0 bridgehead atoms. The minimum Gasteiger partial charge on any atom is -0.494 e. The molecule has 2 amide bonds. The molecule has 1 aliphatic carbocycles. The lowest BCUT2D eigenvalue weighted by Gasteiger charge is -2.19. The van der Waals surface area contributed by atoms with Crippen LogP contribution in [0.3, 0.4) is 0 Å². The zero-order valence-corrected chi connectivity index (χ0v) is 16.7. The Balaban J connectivity index is 1.61. The zero-order chi connectivity index (χ0) is 21.3. The second-order valence-corrected chi connectivity index (χ2v) is 7.55. The number of hydrogen-bond acceptors (Lipinski definition) is 6. The lowest BCUT2D eigenvalue weighted by molar-refractivity contribution is -0.383. The molecule has 2 aromatic rings. The maximum Gasteiger partial charge on any atom is 0.294 e. The molecule has 1 aliphatic heterocycles. The third-order valence-corrected chi connectivity index (χ3v) is 5.72. The molecular weight excluding hydrogens is 386 g/mol. The standard InChI is InChI=1S/C22H23N3O5/c1-2-30-16-10-7-14(8-11-16)23-19-12-9-15(13-20(19)25(28)29)24-21(26)17-5-3-4-6-18(17)22(24)27/h7-13,17-18,23H,2-6H2,1H3/t17-,18+. The molecule has 1 saturated carbocycles. The summed E-state index contributed by atoms with van der Waals surface area (Å²) in [6, 6.07) is 11.5. The summed E-state index contributed by atoms with van der Waals surface area (Å²) in [7, 11) is 0. The Hall–Kier alpha value is -3.42. The molecule has 2 atom stereocenters. The molecule has 8 heteroatoms. The molecule has 2 aliphatic rings. The number of carbonyl (C=O) groups excluding carboxylic acids is 2. The van der Waals surface area contributed by atoms with Gasteiger partial charge in [-0.05, 0) is 56.2 Å². The van der Waals surface area contributed by atoms with Crippen molar-refractivity contribution >= 4 is 34.6 Å². The van der Waals surface area contributed by atoms with Crippen LogP contribution < -0.4 is 15.0 Å². The maximum atomic E-state index is 12.8. The van der Waals surface area contributed by atoms with Gasteiger partial charge in [0.1, 0.15) is 11.4 Å². The molecule has 4 rings (SSSR count). The van der Waals surface area contributed by atoms with Crippen LogP contribution in [0.1, 0.15) is 32.6 Å². The first-order valence-electron chi connectivity index (χ1n) is 10.2. The van der Waals surface area contributed by atoms with Crippen molar-refractivity contribution in [3.05, 3.63) is 52.6 Å². The highest BCUT2D eigenvalue weighted by Gasteiger charge is 2.49. The molecule has 0 aromatic heterocycles. The van der Waals surface area contributed by atoms with Gasteiger partial charge in [0.25, 0.3) is 5.69 Å². The van der Waals surface area contributed by atoms with Crippen LogP contribution in [0.5, 0.6) is 5.75 Å². The van der Waals surface area contributed by atoms with Crippen LogP contribution in [-0.4, -0.2) is 23.3 Å². The molecule has 0 radical (unpaired) electrons. The first-order valence-corrected chi connectivity index (χ1v) is 10.2. The van der Waals surface area contributed by atoms with Crippen molar-refractivity contribution in [3.8, 4) is 5.75 Å². The van der Waals surface area contributed by atoms with Gasteiger partial charge in [0.15, 0.2) is 0 Å². The minimum absolute atomic E-state index is 0.197. The van der Waals surface area contributed by atoms with Crippen molar-refractivity contribution in [2.75, 3.05) is 16.8 Å². The summed E-state index contributed by atoms with van der Waals surface area (Å²) in [6.45, 7) is 2.44. The molecule has 30 heavy (non-hydrogen) atoms. The maximum absolute atomic E-state index is 12.8. The second-order valence-electron chi connectivity index (χ2n) is 7.55. The third-order valence-electron chi connectivity index (χ3n) is 5.72. The minimum atomic E-state index is -0.515. The Morgan fingerprint density at radius 2 is 1.70 bits per heavy atom. The summed E-state index contributed by atoms with van der Waals surface area (Å²) in [5.74, 6) is -0.378. The molecule has 1 heterocycles. The van der Waals surface area contributed by atoms with Gasteiger partial charge in [0.2, 0.25) is 11.8 Å². The first-order chi connectivity index (χ1) is 14.5. The molecular formula is C22H23N3O5. The summed E-state index contributed by atoms with van der Waals surface area (Å²) < 4.78 is 5.40. The number of hydrogen-bond donors (Lipinski definition) is 1.